The molecule has 3 heteroatoms. The van der Waals surface area contributed by atoms with Gasteiger partial charge in [-0.25, -0.2) is 0 Å². The van der Waals surface area contributed by atoms with Crippen molar-refractivity contribution in [1.82, 2.24) is 4.98 Å². The van der Waals surface area contributed by atoms with Gasteiger partial charge in [0.2, 0.25) is 0 Å². The molecule has 2 nitrogen and oxygen atoms in total. The number of thiazole rings is 1. The molecular formula is C13H19N2S+. The lowest BCUT2D eigenvalue weighted by Gasteiger charge is -2.15. The van der Waals surface area contributed by atoms with Crippen LogP contribution in [0.25, 0.3) is 4.96 Å². The van der Waals surface area contributed by atoms with Crippen molar-refractivity contribution in [3.8, 4) is 0 Å². The van der Waals surface area contributed by atoms with Crippen molar-refractivity contribution in [2.75, 3.05) is 0 Å². The maximum absolute atomic E-state index is 4.61. The minimum absolute atomic E-state index is 0.197. The molecule has 0 radical (unpaired) electrons. The highest BCUT2D eigenvalue weighted by molar-refractivity contribution is 7.16. The molecule has 0 unspecified atom stereocenters. The van der Waals surface area contributed by atoms with Crippen LogP contribution in [0, 0.1) is 20.8 Å². The largest absolute Gasteiger partial charge is 0.387 e. The first-order chi connectivity index (χ1) is 7.30. The fourth-order valence-corrected chi connectivity index (χ4v) is 3.48. The summed E-state index contributed by atoms with van der Waals surface area (Å²) in [7, 11) is 0. The molecule has 0 atom stereocenters. The van der Waals surface area contributed by atoms with Crippen LogP contribution in [-0.2, 0) is 5.41 Å². The average molecular weight is 235 g/mol. The van der Waals surface area contributed by atoms with E-state index in [1.165, 1.54) is 16.3 Å². The molecule has 0 bridgehead atoms. The van der Waals surface area contributed by atoms with Gasteiger partial charge < -0.3 is 0 Å². The molecule has 0 N–H and O–H groups in total. The van der Waals surface area contributed by atoms with E-state index in [0.717, 1.165) is 10.7 Å². The fraction of sp³-hybridized carbons (Fsp3) is 0.538. The molecule has 0 saturated carbocycles. The second-order valence-electron chi connectivity index (χ2n) is 5.42. The first kappa shape index (κ1) is 11.5. The second-order valence-corrected chi connectivity index (χ2v) is 6.40. The average Bonchev–Trinajstić information content (AvgIpc) is 2.41. The Bertz CT molecular complexity index is 547. The van der Waals surface area contributed by atoms with Crippen LogP contribution in [0.5, 0.6) is 0 Å². The molecule has 0 aliphatic heterocycles. The van der Waals surface area contributed by atoms with Gasteiger partial charge in [-0.2, -0.15) is 4.40 Å². The zero-order valence-corrected chi connectivity index (χ0v) is 11.7. The summed E-state index contributed by atoms with van der Waals surface area (Å²) in [5, 5.41) is 0. The predicted molar refractivity (Wildman–Crippen MR) is 68.2 cm³/mol. The molecule has 2 heterocycles. The van der Waals surface area contributed by atoms with E-state index < -0.39 is 0 Å². The van der Waals surface area contributed by atoms with Crippen molar-refractivity contribution in [1.29, 1.82) is 0 Å². The van der Waals surface area contributed by atoms with Gasteiger partial charge in [-0.05, 0) is 30.2 Å². The molecule has 0 amide bonds. The lowest BCUT2D eigenvalue weighted by atomic mass is 9.93. The van der Waals surface area contributed by atoms with Crippen molar-refractivity contribution < 1.29 is 4.40 Å². The Morgan fingerprint density at radius 1 is 1.19 bits per heavy atom. The predicted octanol–water partition coefficient (Wildman–Crippen LogP) is 3.10. The number of nitrogens with zero attached hydrogens (tertiary/aromatic N) is 2. The summed E-state index contributed by atoms with van der Waals surface area (Å²) in [4.78, 5) is 7.15. The summed E-state index contributed by atoms with van der Waals surface area (Å²) in [5.41, 5.74) is 3.89. The third-order valence-corrected chi connectivity index (χ3v) is 4.34. The van der Waals surface area contributed by atoms with Gasteiger partial charge in [-0.3, -0.25) is 0 Å². The van der Waals surface area contributed by atoms with Crippen LogP contribution >= 0.6 is 11.3 Å². The summed E-state index contributed by atoms with van der Waals surface area (Å²) in [6, 6.07) is 2.14. The molecule has 2 rings (SSSR count). The maximum atomic E-state index is 4.61. The lowest BCUT2D eigenvalue weighted by Crippen LogP contribution is -2.29. The van der Waals surface area contributed by atoms with E-state index in [-0.39, 0.29) is 5.41 Å². The quantitative estimate of drug-likeness (QED) is 0.641. The fourth-order valence-electron chi connectivity index (χ4n) is 2.19. The monoisotopic (exact) mass is 235 g/mol. The van der Waals surface area contributed by atoms with Crippen LogP contribution in [0.1, 0.15) is 42.7 Å². The van der Waals surface area contributed by atoms with Crippen LogP contribution in [-0.4, -0.2) is 4.98 Å². The van der Waals surface area contributed by atoms with Gasteiger partial charge in [0.05, 0.1) is 4.88 Å². The van der Waals surface area contributed by atoms with E-state index in [2.05, 4.69) is 57.0 Å². The normalized spacial score (nSPS) is 12.4. The smallest absolute Gasteiger partial charge is 0.188 e. The van der Waals surface area contributed by atoms with Crippen molar-refractivity contribution >= 4 is 16.3 Å². The van der Waals surface area contributed by atoms with E-state index in [4.69, 9.17) is 0 Å². The summed E-state index contributed by atoms with van der Waals surface area (Å²) >= 11 is 1.81. The van der Waals surface area contributed by atoms with Crippen LogP contribution < -0.4 is 4.40 Å². The number of aryl methyl sites for hydroxylation is 3. The molecule has 16 heavy (non-hydrogen) atoms. The number of fused-ring (bicyclic) bond motifs is 1. The Hall–Kier alpha value is -0.960. The maximum Gasteiger partial charge on any atom is 0.387 e. The van der Waals surface area contributed by atoms with Crippen LogP contribution in [0.4, 0.5) is 0 Å². The minimum atomic E-state index is 0.197. The lowest BCUT2D eigenvalue weighted by molar-refractivity contribution is -0.526. The third kappa shape index (κ3) is 1.73. The highest BCUT2D eigenvalue weighted by Gasteiger charge is 2.26. The third-order valence-electron chi connectivity index (χ3n) is 2.77. The Morgan fingerprint density at radius 2 is 1.81 bits per heavy atom. The Kier molecular flexibility index (Phi) is 2.54. The molecule has 0 aromatic carbocycles. The Balaban J connectivity index is 2.83. The van der Waals surface area contributed by atoms with E-state index in [0.29, 0.717) is 0 Å². The Labute approximate surface area is 101 Å². The molecule has 0 saturated heterocycles. The van der Waals surface area contributed by atoms with Crippen molar-refractivity contribution in [3.63, 3.8) is 0 Å². The van der Waals surface area contributed by atoms with E-state index in [9.17, 15) is 0 Å². The van der Waals surface area contributed by atoms with E-state index in [1.807, 2.05) is 11.3 Å². The van der Waals surface area contributed by atoms with Crippen molar-refractivity contribution in [2.24, 2.45) is 0 Å². The van der Waals surface area contributed by atoms with Crippen LogP contribution in [0.3, 0.4) is 0 Å². The molecule has 86 valence electrons. The molecule has 2 aromatic rings. The zero-order valence-electron chi connectivity index (χ0n) is 10.9. The van der Waals surface area contributed by atoms with E-state index in [1.54, 1.807) is 0 Å². The van der Waals surface area contributed by atoms with Gasteiger partial charge in [0.15, 0.2) is 5.69 Å². The number of rotatable bonds is 0. The molecule has 0 spiro atoms. The molecule has 0 fully saturated rings. The van der Waals surface area contributed by atoms with Gasteiger partial charge in [-0.15, -0.1) is 0 Å². The SMILES string of the molecule is Cc1cc(C)[n+]2c(C)c(C(C)(C)C)sc2n1. The summed E-state index contributed by atoms with van der Waals surface area (Å²) < 4.78 is 2.26. The van der Waals surface area contributed by atoms with E-state index >= 15 is 0 Å². The van der Waals surface area contributed by atoms with Crippen molar-refractivity contribution in [2.45, 2.75) is 47.0 Å². The van der Waals surface area contributed by atoms with Gasteiger partial charge in [-0.1, -0.05) is 20.8 Å². The standard InChI is InChI=1S/C13H19N2S/c1-8-7-9(2)15-10(3)11(13(4,5)6)16-12(15)14-8/h7H,1-6H3/q+1. The molecule has 0 aliphatic carbocycles. The zero-order chi connectivity index (χ0) is 12.1. The topological polar surface area (TPSA) is 17.0 Å². The highest BCUT2D eigenvalue weighted by Crippen LogP contribution is 2.30. The number of hydrogen-bond donors (Lipinski definition) is 0. The van der Waals surface area contributed by atoms with Crippen molar-refractivity contribution in [3.05, 3.63) is 28.0 Å². The number of hydrogen-bond acceptors (Lipinski definition) is 2. The molecule has 2 aromatic heterocycles. The Morgan fingerprint density at radius 3 is 2.38 bits per heavy atom. The second kappa shape index (κ2) is 3.52. The van der Waals surface area contributed by atoms with Crippen LogP contribution in [0.15, 0.2) is 6.07 Å². The van der Waals surface area contributed by atoms with Crippen LogP contribution in [0.2, 0.25) is 0 Å². The first-order valence-corrected chi connectivity index (χ1v) is 6.42. The van der Waals surface area contributed by atoms with Gasteiger partial charge in [0.25, 0.3) is 0 Å². The summed E-state index contributed by atoms with van der Waals surface area (Å²) in [6.07, 6.45) is 0. The molecular weight excluding hydrogens is 216 g/mol. The van der Waals surface area contributed by atoms with Gasteiger partial charge in [0, 0.05) is 18.4 Å². The van der Waals surface area contributed by atoms with Gasteiger partial charge in [0.1, 0.15) is 11.4 Å². The summed E-state index contributed by atoms with van der Waals surface area (Å²) in [5.74, 6) is 0. The summed E-state index contributed by atoms with van der Waals surface area (Å²) in [6.45, 7) is 13.2. The first-order valence-electron chi connectivity index (χ1n) is 5.60. The van der Waals surface area contributed by atoms with Gasteiger partial charge >= 0.3 is 4.96 Å². The number of aromatic nitrogens is 2. The highest BCUT2D eigenvalue weighted by atomic mass is 32.1. The molecule has 0 aliphatic rings. The minimum Gasteiger partial charge on any atom is -0.188 e.